The van der Waals surface area contributed by atoms with E-state index in [1.54, 1.807) is 36.0 Å². The summed E-state index contributed by atoms with van der Waals surface area (Å²) in [6.07, 6.45) is 0.407. The lowest BCUT2D eigenvalue weighted by Crippen LogP contribution is -2.26. The van der Waals surface area contributed by atoms with Crippen LogP contribution in [0.2, 0.25) is 0 Å². The van der Waals surface area contributed by atoms with Crippen molar-refractivity contribution in [1.82, 2.24) is 0 Å². The first-order valence-corrected chi connectivity index (χ1v) is 10.3. The second-order valence-corrected chi connectivity index (χ2v) is 9.60. The summed E-state index contributed by atoms with van der Waals surface area (Å²) in [5.74, 6) is -0.0970. The number of sulfonamides is 1. The number of amides is 1. The highest BCUT2D eigenvalue weighted by atomic mass is 32.2. The maximum absolute atomic E-state index is 12.9. The molecule has 0 aliphatic carbocycles. The van der Waals surface area contributed by atoms with Crippen LogP contribution in [0.25, 0.3) is 0 Å². The topological polar surface area (TPSA) is 66.5 Å². The van der Waals surface area contributed by atoms with Gasteiger partial charge in [-0.3, -0.25) is 9.10 Å². The molecule has 7 heteroatoms. The molecule has 1 amide bonds. The Balaban J connectivity index is 1.98. The van der Waals surface area contributed by atoms with Gasteiger partial charge >= 0.3 is 0 Å². The van der Waals surface area contributed by atoms with Crippen molar-refractivity contribution in [3.05, 3.63) is 48.0 Å². The van der Waals surface area contributed by atoms with Crippen molar-refractivity contribution < 1.29 is 13.2 Å². The van der Waals surface area contributed by atoms with Crippen molar-refractivity contribution in [2.45, 2.75) is 35.3 Å². The molecule has 0 saturated heterocycles. The number of fused-ring (bicyclic) bond motifs is 1. The molecule has 1 heterocycles. The van der Waals surface area contributed by atoms with E-state index < -0.39 is 10.0 Å². The summed E-state index contributed by atoms with van der Waals surface area (Å²) in [5, 5.41) is 2.96. The van der Waals surface area contributed by atoms with Crippen LogP contribution in [-0.4, -0.2) is 26.6 Å². The lowest BCUT2D eigenvalue weighted by Gasteiger charge is -2.20. The zero-order valence-corrected chi connectivity index (χ0v) is 15.9. The largest absolute Gasteiger partial charge is 0.325 e. The van der Waals surface area contributed by atoms with Gasteiger partial charge in [-0.05, 0) is 37.3 Å². The Labute approximate surface area is 152 Å². The SMILES string of the molecule is Cc1ccc(N(C)S(=O)(=O)c2ccc3c(c2)NC(=O)C[C@H](C)S3)cc1. The average molecular weight is 377 g/mol. The first kappa shape index (κ1) is 17.8. The van der Waals surface area contributed by atoms with Gasteiger partial charge in [-0.1, -0.05) is 24.6 Å². The summed E-state index contributed by atoms with van der Waals surface area (Å²) in [6, 6.07) is 12.2. The molecular weight excluding hydrogens is 356 g/mol. The van der Waals surface area contributed by atoms with E-state index in [9.17, 15) is 13.2 Å². The Hall–Kier alpha value is -1.99. The molecule has 0 unspecified atom stereocenters. The molecule has 1 N–H and O–H groups in total. The average Bonchev–Trinajstić information content (AvgIpc) is 2.70. The van der Waals surface area contributed by atoms with E-state index in [1.165, 1.54) is 17.4 Å². The summed E-state index contributed by atoms with van der Waals surface area (Å²) in [6.45, 7) is 3.93. The van der Waals surface area contributed by atoms with Crippen molar-refractivity contribution in [2.24, 2.45) is 0 Å². The minimum atomic E-state index is -3.71. The van der Waals surface area contributed by atoms with Crippen molar-refractivity contribution in [1.29, 1.82) is 0 Å². The molecule has 1 aliphatic rings. The predicted octanol–water partition coefficient (Wildman–Crippen LogP) is 3.64. The van der Waals surface area contributed by atoms with E-state index in [4.69, 9.17) is 0 Å². The standard InChI is InChI=1S/C18H20N2O3S2/c1-12-4-6-14(7-5-12)20(3)25(22,23)15-8-9-17-16(11-15)19-18(21)10-13(2)24-17/h4-9,11,13H,10H2,1-3H3,(H,19,21)/t13-/m0/s1. The van der Waals surface area contributed by atoms with Gasteiger partial charge in [0.25, 0.3) is 10.0 Å². The highest BCUT2D eigenvalue weighted by molar-refractivity contribution is 8.00. The third kappa shape index (κ3) is 3.67. The minimum absolute atomic E-state index is 0.0970. The number of hydrogen-bond acceptors (Lipinski definition) is 4. The van der Waals surface area contributed by atoms with E-state index in [1.807, 2.05) is 26.0 Å². The molecule has 132 valence electrons. The Morgan fingerprint density at radius 3 is 2.52 bits per heavy atom. The number of thioether (sulfide) groups is 1. The van der Waals surface area contributed by atoms with Crippen LogP contribution in [0.5, 0.6) is 0 Å². The van der Waals surface area contributed by atoms with Crippen LogP contribution in [0.15, 0.2) is 52.3 Å². The maximum Gasteiger partial charge on any atom is 0.264 e. The normalized spacial score (nSPS) is 17.4. The zero-order valence-electron chi connectivity index (χ0n) is 14.3. The van der Waals surface area contributed by atoms with E-state index in [0.717, 1.165) is 10.5 Å². The van der Waals surface area contributed by atoms with Crippen LogP contribution in [0.1, 0.15) is 18.9 Å². The van der Waals surface area contributed by atoms with Crippen LogP contribution < -0.4 is 9.62 Å². The molecule has 2 aromatic carbocycles. The van der Waals surface area contributed by atoms with E-state index in [-0.39, 0.29) is 16.1 Å². The van der Waals surface area contributed by atoms with Crippen LogP contribution in [-0.2, 0) is 14.8 Å². The molecule has 1 atom stereocenters. The van der Waals surface area contributed by atoms with E-state index in [0.29, 0.717) is 17.8 Å². The van der Waals surface area contributed by atoms with Gasteiger partial charge in [-0.2, -0.15) is 0 Å². The van der Waals surface area contributed by atoms with Crippen LogP contribution in [0.3, 0.4) is 0 Å². The summed E-state index contributed by atoms with van der Waals surface area (Å²) < 4.78 is 27.1. The van der Waals surface area contributed by atoms with Gasteiger partial charge in [0, 0.05) is 23.6 Å². The first-order valence-electron chi connectivity index (χ1n) is 7.93. The number of benzene rings is 2. The van der Waals surface area contributed by atoms with Crippen molar-refractivity contribution >= 4 is 39.1 Å². The molecule has 25 heavy (non-hydrogen) atoms. The Morgan fingerprint density at radius 2 is 1.84 bits per heavy atom. The fourth-order valence-electron chi connectivity index (χ4n) is 2.64. The number of rotatable bonds is 3. The highest BCUT2D eigenvalue weighted by Gasteiger charge is 2.25. The van der Waals surface area contributed by atoms with Crippen molar-refractivity contribution in [3.8, 4) is 0 Å². The second kappa shape index (κ2) is 6.72. The van der Waals surface area contributed by atoms with Gasteiger partial charge in [-0.25, -0.2) is 8.42 Å². The summed E-state index contributed by atoms with van der Waals surface area (Å²) in [7, 11) is -2.18. The van der Waals surface area contributed by atoms with Crippen molar-refractivity contribution in [3.63, 3.8) is 0 Å². The molecule has 0 fully saturated rings. The fourth-order valence-corrected chi connectivity index (χ4v) is 4.92. The lowest BCUT2D eigenvalue weighted by atomic mass is 10.2. The molecule has 0 spiro atoms. The molecule has 5 nitrogen and oxygen atoms in total. The molecule has 0 radical (unpaired) electrons. The van der Waals surface area contributed by atoms with Crippen LogP contribution in [0, 0.1) is 6.92 Å². The van der Waals surface area contributed by atoms with Crippen molar-refractivity contribution in [2.75, 3.05) is 16.7 Å². The minimum Gasteiger partial charge on any atom is -0.325 e. The number of nitrogens with zero attached hydrogens (tertiary/aromatic N) is 1. The van der Waals surface area contributed by atoms with Gasteiger partial charge in [0.05, 0.1) is 16.3 Å². The third-order valence-electron chi connectivity index (χ3n) is 4.08. The number of carbonyl (C=O) groups is 1. The summed E-state index contributed by atoms with van der Waals surface area (Å²) in [4.78, 5) is 13.0. The number of nitrogens with one attached hydrogen (secondary N) is 1. The fraction of sp³-hybridized carbons (Fsp3) is 0.278. The van der Waals surface area contributed by atoms with Crippen LogP contribution >= 0.6 is 11.8 Å². The van der Waals surface area contributed by atoms with E-state index >= 15 is 0 Å². The predicted molar refractivity (Wildman–Crippen MR) is 102 cm³/mol. The molecular formula is C18H20N2O3S2. The number of aryl methyl sites for hydroxylation is 1. The molecule has 0 bridgehead atoms. The number of carbonyl (C=O) groups excluding carboxylic acids is 1. The monoisotopic (exact) mass is 376 g/mol. The van der Waals surface area contributed by atoms with Gasteiger partial charge < -0.3 is 5.32 Å². The molecule has 1 aliphatic heterocycles. The molecule has 0 saturated carbocycles. The van der Waals surface area contributed by atoms with Gasteiger partial charge in [0.2, 0.25) is 5.91 Å². The van der Waals surface area contributed by atoms with Crippen LogP contribution in [0.4, 0.5) is 11.4 Å². The van der Waals surface area contributed by atoms with E-state index in [2.05, 4.69) is 5.32 Å². The quantitative estimate of drug-likeness (QED) is 0.888. The number of anilines is 2. The Bertz CT molecular complexity index is 908. The molecule has 3 rings (SSSR count). The molecule has 2 aromatic rings. The number of hydrogen-bond donors (Lipinski definition) is 1. The first-order chi connectivity index (χ1) is 11.8. The highest BCUT2D eigenvalue weighted by Crippen LogP contribution is 2.37. The van der Waals surface area contributed by atoms with Gasteiger partial charge in [0.15, 0.2) is 0 Å². The zero-order chi connectivity index (χ0) is 18.2. The smallest absolute Gasteiger partial charge is 0.264 e. The van der Waals surface area contributed by atoms with Gasteiger partial charge in [0.1, 0.15) is 0 Å². The second-order valence-electron chi connectivity index (χ2n) is 6.15. The lowest BCUT2D eigenvalue weighted by molar-refractivity contribution is -0.116. The third-order valence-corrected chi connectivity index (χ3v) is 7.04. The summed E-state index contributed by atoms with van der Waals surface area (Å²) in [5.41, 5.74) is 2.21. The van der Waals surface area contributed by atoms with Gasteiger partial charge in [-0.15, -0.1) is 11.8 Å². The Kier molecular flexibility index (Phi) is 4.79. The Morgan fingerprint density at radius 1 is 1.16 bits per heavy atom. The maximum atomic E-state index is 12.9. The molecule has 0 aromatic heterocycles. The summed E-state index contributed by atoms with van der Waals surface area (Å²) >= 11 is 1.57.